The lowest BCUT2D eigenvalue weighted by molar-refractivity contribution is 0.0613. The number of hydrogen-bond donors (Lipinski definition) is 2. The van der Waals surface area contributed by atoms with E-state index in [1.54, 1.807) is 32.4 Å². The Kier molecular flexibility index (Phi) is 4.04. The van der Waals surface area contributed by atoms with Crippen LogP contribution in [0.4, 0.5) is 5.82 Å². The van der Waals surface area contributed by atoms with Crippen LogP contribution in [0.2, 0.25) is 0 Å². The molecule has 5 nitrogen and oxygen atoms in total. The van der Waals surface area contributed by atoms with Crippen LogP contribution in [-0.4, -0.2) is 47.1 Å². The summed E-state index contributed by atoms with van der Waals surface area (Å²) in [7, 11) is 3.42. The minimum atomic E-state index is -0.597. The van der Waals surface area contributed by atoms with E-state index >= 15 is 0 Å². The van der Waals surface area contributed by atoms with Crippen molar-refractivity contribution in [1.82, 2.24) is 9.88 Å². The van der Waals surface area contributed by atoms with Gasteiger partial charge in [-0.15, -0.1) is 0 Å². The predicted molar refractivity (Wildman–Crippen MR) is 74.2 cm³/mol. The number of nitrogens with one attached hydrogen (secondary N) is 1. The third-order valence-electron chi connectivity index (χ3n) is 3.55. The van der Waals surface area contributed by atoms with Crippen LogP contribution in [-0.2, 0) is 0 Å². The summed E-state index contributed by atoms with van der Waals surface area (Å²) in [6.45, 7) is 0.515. The van der Waals surface area contributed by atoms with Gasteiger partial charge in [0.15, 0.2) is 0 Å². The average molecular weight is 263 g/mol. The first kappa shape index (κ1) is 13.8. The molecule has 19 heavy (non-hydrogen) atoms. The fraction of sp³-hybridized carbons (Fsp3) is 0.571. The van der Waals surface area contributed by atoms with Gasteiger partial charge >= 0.3 is 0 Å². The molecule has 0 bridgehead atoms. The van der Waals surface area contributed by atoms with Gasteiger partial charge in [0.25, 0.3) is 5.91 Å². The summed E-state index contributed by atoms with van der Waals surface area (Å²) in [5, 5.41) is 13.4. The predicted octanol–water partition coefficient (Wildman–Crippen LogP) is 1.50. The van der Waals surface area contributed by atoms with E-state index in [9.17, 15) is 9.90 Å². The number of nitrogens with zero attached hydrogens (tertiary/aromatic N) is 2. The Bertz CT molecular complexity index is 437. The Hall–Kier alpha value is -1.62. The van der Waals surface area contributed by atoms with Crippen molar-refractivity contribution in [2.45, 2.75) is 31.3 Å². The van der Waals surface area contributed by atoms with Crippen molar-refractivity contribution in [3.8, 4) is 0 Å². The lowest BCUT2D eigenvalue weighted by Crippen LogP contribution is -2.33. The van der Waals surface area contributed by atoms with Crippen molar-refractivity contribution >= 4 is 11.7 Å². The molecule has 1 fully saturated rings. The summed E-state index contributed by atoms with van der Waals surface area (Å²) < 4.78 is 0. The number of aromatic nitrogens is 1. The van der Waals surface area contributed by atoms with E-state index < -0.39 is 5.60 Å². The first-order valence-electron chi connectivity index (χ1n) is 6.64. The van der Waals surface area contributed by atoms with Crippen molar-refractivity contribution in [1.29, 1.82) is 0 Å². The molecule has 2 rings (SSSR count). The maximum atomic E-state index is 11.7. The Morgan fingerprint density at radius 1 is 1.42 bits per heavy atom. The third kappa shape index (κ3) is 3.44. The maximum Gasteiger partial charge on any atom is 0.254 e. The van der Waals surface area contributed by atoms with E-state index in [0.717, 1.165) is 25.7 Å². The molecule has 1 heterocycles. The maximum absolute atomic E-state index is 11.7. The normalized spacial score (nSPS) is 17.2. The van der Waals surface area contributed by atoms with Crippen LogP contribution in [0.5, 0.6) is 0 Å². The number of anilines is 1. The van der Waals surface area contributed by atoms with E-state index in [1.165, 1.54) is 4.90 Å². The highest BCUT2D eigenvalue weighted by molar-refractivity contribution is 5.93. The van der Waals surface area contributed by atoms with Gasteiger partial charge in [-0.3, -0.25) is 4.79 Å². The molecular formula is C14H21N3O2. The standard InChI is InChI=1S/C14H21N3O2/c1-17(2)13(18)11-5-6-12(15-9-11)16-10-14(19)7-3-4-8-14/h5-6,9,19H,3-4,7-8,10H2,1-2H3,(H,15,16). The zero-order chi connectivity index (χ0) is 13.9. The van der Waals surface area contributed by atoms with Gasteiger partial charge in [0.2, 0.25) is 0 Å². The minimum Gasteiger partial charge on any atom is -0.388 e. The fourth-order valence-electron chi connectivity index (χ4n) is 2.35. The van der Waals surface area contributed by atoms with Crippen LogP contribution in [0.1, 0.15) is 36.0 Å². The highest BCUT2D eigenvalue weighted by Gasteiger charge is 2.30. The van der Waals surface area contributed by atoms with Crippen LogP contribution in [0.3, 0.4) is 0 Å². The topological polar surface area (TPSA) is 65.5 Å². The first-order valence-corrected chi connectivity index (χ1v) is 6.64. The number of hydrogen-bond acceptors (Lipinski definition) is 4. The number of aliphatic hydroxyl groups is 1. The molecule has 0 atom stereocenters. The molecule has 0 unspecified atom stereocenters. The molecule has 0 aliphatic heterocycles. The van der Waals surface area contributed by atoms with Crippen LogP contribution in [0.15, 0.2) is 18.3 Å². The van der Waals surface area contributed by atoms with E-state index in [1.807, 2.05) is 0 Å². The fourth-order valence-corrected chi connectivity index (χ4v) is 2.35. The highest BCUT2D eigenvalue weighted by atomic mass is 16.3. The first-order chi connectivity index (χ1) is 9.00. The lowest BCUT2D eigenvalue weighted by Gasteiger charge is -2.22. The molecule has 1 aromatic heterocycles. The molecule has 1 saturated carbocycles. The van der Waals surface area contributed by atoms with Gasteiger partial charge in [0.05, 0.1) is 11.2 Å². The van der Waals surface area contributed by atoms with Crippen LogP contribution in [0, 0.1) is 0 Å². The largest absolute Gasteiger partial charge is 0.388 e. The van der Waals surface area contributed by atoms with Crippen molar-refractivity contribution in [2.75, 3.05) is 26.0 Å². The molecule has 1 aliphatic carbocycles. The molecule has 2 N–H and O–H groups in total. The molecule has 1 aromatic rings. The number of carbonyl (C=O) groups excluding carboxylic acids is 1. The van der Waals surface area contributed by atoms with Crippen molar-refractivity contribution in [3.05, 3.63) is 23.9 Å². The number of pyridine rings is 1. The molecule has 104 valence electrons. The molecule has 5 heteroatoms. The monoisotopic (exact) mass is 263 g/mol. The van der Waals surface area contributed by atoms with E-state index in [-0.39, 0.29) is 5.91 Å². The third-order valence-corrected chi connectivity index (χ3v) is 3.55. The van der Waals surface area contributed by atoms with Crippen LogP contribution >= 0.6 is 0 Å². The molecule has 0 radical (unpaired) electrons. The summed E-state index contributed by atoms with van der Waals surface area (Å²) in [4.78, 5) is 17.4. The summed E-state index contributed by atoms with van der Waals surface area (Å²) in [5.74, 6) is 0.629. The van der Waals surface area contributed by atoms with Gasteiger partial charge in [-0.25, -0.2) is 4.98 Å². The quantitative estimate of drug-likeness (QED) is 0.864. The Balaban J connectivity index is 1.93. The molecular weight excluding hydrogens is 242 g/mol. The molecule has 0 spiro atoms. The summed E-state index contributed by atoms with van der Waals surface area (Å²) >= 11 is 0. The van der Waals surface area contributed by atoms with Crippen molar-refractivity contribution in [2.24, 2.45) is 0 Å². The van der Waals surface area contributed by atoms with Gasteiger partial charge in [-0.05, 0) is 25.0 Å². The lowest BCUT2D eigenvalue weighted by atomic mass is 10.0. The van der Waals surface area contributed by atoms with Crippen molar-refractivity contribution < 1.29 is 9.90 Å². The van der Waals surface area contributed by atoms with Gasteiger partial charge in [0.1, 0.15) is 5.82 Å². The van der Waals surface area contributed by atoms with E-state index in [4.69, 9.17) is 0 Å². The average Bonchev–Trinajstić information content (AvgIpc) is 2.83. The zero-order valence-electron chi connectivity index (χ0n) is 11.5. The number of carbonyl (C=O) groups is 1. The van der Waals surface area contributed by atoms with E-state index in [0.29, 0.717) is 17.9 Å². The van der Waals surface area contributed by atoms with Gasteiger partial charge in [-0.1, -0.05) is 12.8 Å². The van der Waals surface area contributed by atoms with E-state index in [2.05, 4.69) is 10.3 Å². The summed E-state index contributed by atoms with van der Waals surface area (Å²) in [6.07, 6.45) is 5.42. The molecule has 0 aromatic carbocycles. The minimum absolute atomic E-state index is 0.0616. The van der Waals surface area contributed by atoms with Gasteiger partial charge in [-0.2, -0.15) is 0 Å². The van der Waals surface area contributed by atoms with Crippen LogP contribution in [0.25, 0.3) is 0 Å². The highest BCUT2D eigenvalue weighted by Crippen LogP contribution is 2.29. The van der Waals surface area contributed by atoms with Crippen molar-refractivity contribution in [3.63, 3.8) is 0 Å². The summed E-state index contributed by atoms with van der Waals surface area (Å²) in [6, 6.07) is 3.52. The zero-order valence-corrected chi connectivity index (χ0v) is 11.5. The van der Waals surface area contributed by atoms with Crippen LogP contribution < -0.4 is 5.32 Å². The number of rotatable bonds is 4. The summed E-state index contributed by atoms with van der Waals surface area (Å²) in [5.41, 5.74) is -0.0325. The Labute approximate surface area is 113 Å². The molecule has 1 aliphatic rings. The van der Waals surface area contributed by atoms with Gasteiger partial charge in [0, 0.05) is 26.8 Å². The Morgan fingerprint density at radius 2 is 2.11 bits per heavy atom. The smallest absolute Gasteiger partial charge is 0.254 e. The number of amides is 1. The second kappa shape index (κ2) is 5.57. The SMILES string of the molecule is CN(C)C(=O)c1ccc(NCC2(O)CCCC2)nc1. The van der Waals surface area contributed by atoms with Gasteiger partial charge < -0.3 is 15.3 Å². The second-order valence-electron chi connectivity index (χ2n) is 5.42. The molecule has 0 saturated heterocycles. The Morgan fingerprint density at radius 3 is 2.63 bits per heavy atom. The second-order valence-corrected chi connectivity index (χ2v) is 5.42. The molecule has 1 amide bonds.